The minimum absolute atomic E-state index is 0.356. The fourth-order valence-corrected chi connectivity index (χ4v) is 2.96. The highest BCUT2D eigenvalue weighted by atomic mass is 16.7. The third-order valence-electron chi connectivity index (χ3n) is 5.24. The summed E-state index contributed by atoms with van der Waals surface area (Å²) in [5, 5.41) is 9.19. The molecule has 2 fully saturated rings. The zero-order chi connectivity index (χ0) is 17.5. The lowest BCUT2D eigenvalue weighted by Gasteiger charge is -2.32. The molecule has 0 unspecified atom stereocenters. The molecule has 8 heteroatoms. The van der Waals surface area contributed by atoms with Crippen molar-refractivity contribution in [1.82, 2.24) is 9.97 Å². The standard InChI is InChI=1S/C16H24BN3O4/c1-15(2)16(3,4)24-17(23-15)12-8-18-14(19-9-12)20-7-5-6-11(10-20)13(21)22/h8-9,11H,5-7,10H2,1-4H3,(H,21,22)/t11-/m1/s1. The number of carboxylic acid groups (broad SMARTS) is 1. The maximum Gasteiger partial charge on any atom is 0.498 e. The molecule has 130 valence electrons. The van der Waals surface area contributed by atoms with Gasteiger partial charge in [-0.2, -0.15) is 0 Å². The lowest BCUT2D eigenvalue weighted by molar-refractivity contribution is -0.141. The van der Waals surface area contributed by atoms with Gasteiger partial charge in [0.05, 0.1) is 17.1 Å². The zero-order valence-electron chi connectivity index (χ0n) is 14.7. The number of aromatic nitrogens is 2. The summed E-state index contributed by atoms with van der Waals surface area (Å²) in [7, 11) is -0.489. The number of rotatable bonds is 3. The topological polar surface area (TPSA) is 84.8 Å². The van der Waals surface area contributed by atoms with E-state index in [0.29, 0.717) is 18.9 Å². The van der Waals surface area contributed by atoms with E-state index < -0.39 is 24.3 Å². The van der Waals surface area contributed by atoms with Gasteiger partial charge in [0, 0.05) is 30.9 Å². The van der Waals surface area contributed by atoms with E-state index >= 15 is 0 Å². The average Bonchev–Trinajstić information content (AvgIpc) is 2.76. The zero-order valence-corrected chi connectivity index (χ0v) is 14.7. The lowest BCUT2D eigenvalue weighted by Crippen LogP contribution is -2.41. The van der Waals surface area contributed by atoms with Crippen molar-refractivity contribution in [1.29, 1.82) is 0 Å². The van der Waals surface area contributed by atoms with Crippen LogP contribution in [0.2, 0.25) is 0 Å². The molecule has 0 spiro atoms. The van der Waals surface area contributed by atoms with Crippen LogP contribution >= 0.6 is 0 Å². The smallest absolute Gasteiger partial charge is 0.481 e. The van der Waals surface area contributed by atoms with Crippen LogP contribution in [0, 0.1) is 5.92 Å². The van der Waals surface area contributed by atoms with Crippen molar-refractivity contribution >= 4 is 24.5 Å². The van der Waals surface area contributed by atoms with E-state index in [1.807, 2.05) is 32.6 Å². The highest BCUT2D eigenvalue weighted by molar-refractivity contribution is 6.61. The molecule has 2 saturated heterocycles. The monoisotopic (exact) mass is 333 g/mol. The second kappa shape index (κ2) is 6.00. The van der Waals surface area contributed by atoms with Crippen LogP contribution < -0.4 is 10.4 Å². The SMILES string of the molecule is CC1(C)OB(c2cnc(N3CCC[C@@H](C(=O)O)C3)nc2)OC1(C)C. The molecule has 0 aliphatic carbocycles. The van der Waals surface area contributed by atoms with Crippen molar-refractivity contribution in [3.8, 4) is 0 Å². The van der Waals surface area contributed by atoms with E-state index in [-0.39, 0.29) is 5.92 Å². The van der Waals surface area contributed by atoms with Gasteiger partial charge in [0.15, 0.2) is 0 Å². The Morgan fingerprint density at radius 3 is 2.38 bits per heavy atom. The summed E-state index contributed by atoms with van der Waals surface area (Å²) in [5.41, 5.74) is -0.0419. The summed E-state index contributed by atoms with van der Waals surface area (Å²) >= 11 is 0. The van der Waals surface area contributed by atoms with Gasteiger partial charge in [-0.15, -0.1) is 0 Å². The normalized spacial score (nSPS) is 25.8. The fourth-order valence-electron chi connectivity index (χ4n) is 2.96. The first-order valence-electron chi connectivity index (χ1n) is 8.35. The second-order valence-corrected chi connectivity index (χ2v) is 7.53. The first kappa shape index (κ1) is 17.2. The summed E-state index contributed by atoms with van der Waals surface area (Å²) in [6, 6.07) is 0. The molecule has 2 aliphatic heterocycles. The molecule has 1 atom stereocenters. The van der Waals surface area contributed by atoms with Crippen molar-refractivity contribution in [2.24, 2.45) is 5.92 Å². The lowest BCUT2D eigenvalue weighted by atomic mass is 9.81. The highest BCUT2D eigenvalue weighted by Crippen LogP contribution is 2.36. The predicted molar refractivity (Wildman–Crippen MR) is 90.3 cm³/mol. The number of piperidine rings is 1. The number of nitrogens with zero attached hydrogens (tertiary/aromatic N) is 3. The van der Waals surface area contributed by atoms with Crippen molar-refractivity contribution in [3.63, 3.8) is 0 Å². The Labute approximate surface area is 142 Å². The molecule has 3 heterocycles. The number of hydrogen-bond donors (Lipinski definition) is 1. The number of hydrogen-bond acceptors (Lipinski definition) is 6. The Kier molecular flexibility index (Phi) is 4.29. The number of anilines is 1. The summed E-state index contributed by atoms with van der Waals surface area (Å²) in [6.45, 7) is 9.23. The average molecular weight is 333 g/mol. The molecule has 1 N–H and O–H groups in total. The van der Waals surface area contributed by atoms with Gasteiger partial charge >= 0.3 is 13.1 Å². The molecule has 0 saturated carbocycles. The van der Waals surface area contributed by atoms with Crippen LogP contribution in [0.1, 0.15) is 40.5 Å². The van der Waals surface area contributed by atoms with Crippen LogP contribution in [0.25, 0.3) is 0 Å². The molecular formula is C16H24BN3O4. The Morgan fingerprint density at radius 1 is 1.25 bits per heavy atom. The Hall–Kier alpha value is -1.67. The van der Waals surface area contributed by atoms with Crippen LogP contribution in [-0.2, 0) is 14.1 Å². The third kappa shape index (κ3) is 3.12. The van der Waals surface area contributed by atoms with Gasteiger partial charge in [0.25, 0.3) is 0 Å². The van der Waals surface area contributed by atoms with E-state index in [1.165, 1.54) is 0 Å². The molecule has 0 aromatic carbocycles. The van der Waals surface area contributed by atoms with Crippen LogP contribution in [0.15, 0.2) is 12.4 Å². The van der Waals surface area contributed by atoms with Crippen molar-refractivity contribution < 1.29 is 19.2 Å². The molecule has 3 rings (SSSR count). The molecule has 2 aliphatic rings. The molecule has 7 nitrogen and oxygen atoms in total. The molecular weight excluding hydrogens is 309 g/mol. The van der Waals surface area contributed by atoms with Crippen molar-refractivity contribution in [2.45, 2.75) is 51.7 Å². The Morgan fingerprint density at radius 2 is 1.83 bits per heavy atom. The predicted octanol–water partition coefficient (Wildman–Crippen LogP) is 1.08. The van der Waals surface area contributed by atoms with Crippen LogP contribution in [0.3, 0.4) is 0 Å². The van der Waals surface area contributed by atoms with Gasteiger partial charge in [-0.25, -0.2) is 9.97 Å². The number of carboxylic acids is 1. The van der Waals surface area contributed by atoms with Crippen LogP contribution in [-0.4, -0.2) is 52.5 Å². The Balaban J connectivity index is 1.71. The van der Waals surface area contributed by atoms with Crippen LogP contribution in [0.4, 0.5) is 5.95 Å². The van der Waals surface area contributed by atoms with Gasteiger partial charge in [-0.3, -0.25) is 4.79 Å². The van der Waals surface area contributed by atoms with Crippen molar-refractivity contribution in [3.05, 3.63) is 12.4 Å². The van der Waals surface area contributed by atoms with E-state index in [2.05, 4.69) is 9.97 Å². The first-order chi connectivity index (χ1) is 11.2. The number of aliphatic carboxylic acids is 1. The molecule has 24 heavy (non-hydrogen) atoms. The number of carbonyl (C=O) groups is 1. The maximum atomic E-state index is 11.2. The van der Waals surface area contributed by atoms with E-state index in [4.69, 9.17) is 9.31 Å². The molecule has 0 amide bonds. The van der Waals surface area contributed by atoms with E-state index in [0.717, 1.165) is 18.4 Å². The molecule has 1 aromatic rings. The fraction of sp³-hybridized carbons (Fsp3) is 0.688. The minimum atomic E-state index is -0.756. The second-order valence-electron chi connectivity index (χ2n) is 7.53. The van der Waals surface area contributed by atoms with Gasteiger partial charge < -0.3 is 19.3 Å². The van der Waals surface area contributed by atoms with Crippen LogP contribution in [0.5, 0.6) is 0 Å². The first-order valence-corrected chi connectivity index (χ1v) is 8.35. The van der Waals surface area contributed by atoms with Gasteiger partial charge in [-0.1, -0.05) is 0 Å². The quantitative estimate of drug-likeness (QED) is 0.829. The highest BCUT2D eigenvalue weighted by Gasteiger charge is 2.52. The third-order valence-corrected chi connectivity index (χ3v) is 5.24. The molecule has 1 aromatic heterocycles. The van der Waals surface area contributed by atoms with Gasteiger partial charge in [-0.05, 0) is 40.5 Å². The van der Waals surface area contributed by atoms with E-state index in [9.17, 15) is 9.90 Å². The van der Waals surface area contributed by atoms with Crippen molar-refractivity contribution in [2.75, 3.05) is 18.0 Å². The summed E-state index contributed by atoms with van der Waals surface area (Å²) < 4.78 is 12.0. The molecule has 0 bridgehead atoms. The van der Waals surface area contributed by atoms with Gasteiger partial charge in [0.2, 0.25) is 5.95 Å². The summed E-state index contributed by atoms with van der Waals surface area (Å²) in [6.07, 6.45) is 4.95. The minimum Gasteiger partial charge on any atom is -0.481 e. The van der Waals surface area contributed by atoms with E-state index in [1.54, 1.807) is 12.4 Å². The largest absolute Gasteiger partial charge is 0.498 e. The van der Waals surface area contributed by atoms with Gasteiger partial charge in [0.1, 0.15) is 0 Å². The summed E-state index contributed by atoms with van der Waals surface area (Å²) in [4.78, 5) is 21.9. The Bertz CT molecular complexity index is 604. The summed E-state index contributed by atoms with van der Waals surface area (Å²) in [5.74, 6) is -0.556. The molecule has 0 radical (unpaired) electrons. The maximum absolute atomic E-state index is 11.2.